The standard InChI is InChI=1S/C13H15N3O3S/c1-2-9-5-6-10(19-9)12-14-15-13(20-7-11(17)18)16(12)8-3-4-8/h5-6,8H,2-4,7H2,1H3,(H,17,18). The van der Waals surface area contributed by atoms with E-state index in [-0.39, 0.29) is 5.75 Å². The van der Waals surface area contributed by atoms with Crippen LogP contribution in [-0.4, -0.2) is 31.6 Å². The molecule has 1 N–H and O–H groups in total. The van der Waals surface area contributed by atoms with Crippen LogP contribution < -0.4 is 0 Å². The number of rotatable bonds is 6. The third-order valence-electron chi connectivity index (χ3n) is 3.13. The summed E-state index contributed by atoms with van der Waals surface area (Å²) < 4.78 is 7.73. The number of thioether (sulfide) groups is 1. The van der Waals surface area contributed by atoms with Crippen molar-refractivity contribution in [1.82, 2.24) is 14.8 Å². The molecule has 1 aliphatic carbocycles. The van der Waals surface area contributed by atoms with Crippen molar-refractivity contribution in [2.24, 2.45) is 0 Å². The van der Waals surface area contributed by atoms with Gasteiger partial charge in [0.1, 0.15) is 5.76 Å². The second-order valence-corrected chi connectivity index (χ2v) is 5.65. The molecule has 0 aromatic carbocycles. The van der Waals surface area contributed by atoms with E-state index in [2.05, 4.69) is 10.2 Å². The molecule has 0 spiro atoms. The molecule has 0 amide bonds. The third kappa shape index (κ3) is 2.58. The molecule has 2 aromatic heterocycles. The Hall–Kier alpha value is -1.76. The zero-order valence-corrected chi connectivity index (χ0v) is 11.9. The molecule has 0 unspecified atom stereocenters. The van der Waals surface area contributed by atoms with Crippen LogP contribution in [0.2, 0.25) is 0 Å². The van der Waals surface area contributed by atoms with Crippen molar-refractivity contribution in [3.8, 4) is 11.6 Å². The van der Waals surface area contributed by atoms with Crippen molar-refractivity contribution in [1.29, 1.82) is 0 Å². The fourth-order valence-corrected chi connectivity index (χ4v) is 2.75. The highest BCUT2D eigenvalue weighted by molar-refractivity contribution is 7.99. The minimum Gasteiger partial charge on any atom is -0.481 e. The highest BCUT2D eigenvalue weighted by Gasteiger charge is 2.31. The first-order valence-corrected chi connectivity index (χ1v) is 7.56. The van der Waals surface area contributed by atoms with Crippen LogP contribution in [0.3, 0.4) is 0 Å². The van der Waals surface area contributed by atoms with E-state index in [0.717, 1.165) is 25.0 Å². The largest absolute Gasteiger partial charge is 0.481 e. The summed E-state index contributed by atoms with van der Waals surface area (Å²) in [6, 6.07) is 4.20. The van der Waals surface area contributed by atoms with E-state index in [0.29, 0.717) is 22.8 Å². The Labute approximate surface area is 120 Å². The van der Waals surface area contributed by atoms with Gasteiger partial charge in [0.15, 0.2) is 10.9 Å². The van der Waals surface area contributed by atoms with Gasteiger partial charge in [0.25, 0.3) is 0 Å². The Morgan fingerprint density at radius 1 is 1.50 bits per heavy atom. The molecule has 0 bridgehead atoms. The number of nitrogens with zero attached hydrogens (tertiary/aromatic N) is 3. The number of carbonyl (C=O) groups is 1. The van der Waals surface area contributed by atoms with Crippen molar-refractivity contribution >= 4 is 17.7 Å². The Balaban J connectivity index is 1.92. The number of hydrogen-bond donors (Lipinski definition) is 1. The normalized spacial score (nSPS) is 14.7. The molecule has 2 heterocycles. The summed E-state index contributed by atoms with van der Waals surface area (Å²) in [6.07, 6.45) is 2.98. The minimum absolute atomic E-state index is 0.0107. The van der Waals surface area contributed by atoms with Crippen molar-refractivity contribution in [2.45, 2.75) is 37.4 Å². The molecule has 0 saturated heterocycles. The molecule has 2 aromatic rings. The molecule has 0 radical (unpaired) electrons. The Bertz CT molecular complexity index is 631. The SMILES string of the molecule is CCc1ccc(-c2nnc(SCC(=O)O)n2C2CC2)o1. The van der Waals surface area contributed by atoms with Crippen LogP contribution in [0, 0.1) is 0 Å². The maximum atomic E-state index is 10.7. The number of aryl methyl sites for hydroxylation is 1. The molecule has 20 heavy (non-hydrogen) atoms. The van der Waals surface area contributed by atoms with E-state index in [1.54, 1.807) is 0 Å². The minimum atomic E-state index is -0.854. The number of aromatic nitrogens is 3. The smallest absolute Gasteiger partial charge is 0.313 e. The summed E-state index contributed by atoms with van der Waals surface area (Å²) in [5, 5.41) is 17.7. The van der Waals surface area contributed by atoms with Crippen LogP contribution in [-0.2, 0) is 11.2 Å². The van der Waals surface area contributed by atoms with Crippen molar-refractivity contribution in [3.05, 3.63) is 17.9 Å². The molecule has 7 heteroatoms. The van der Waals surface area contributed by atoms with Gasteiger partial charge in [-0.05, 0) is 25.0 Å². The topological polar surface area (TPSA) is 81.1 Å². The van der Waals surface area contributed by atoms with Crippen LogP contribution in [0.5, 0.6) is 0 Å². The summed E-state index contributed by atoms with van der Waals surface area (Å²) in [4.78, 5) is 10.7. The van der Waals surface area contributed by atoms with E-state index >= 15 is 0 Å². The van der Waals surface area contributed by atoms with Gasteiger partial charge in [0.05, 0.1) is 5.75 Å². The van der Waals surface area contributed by atoms with Crippen molar-refractivity contribution in [3.63, 3.8) is 0 Å². The predicted molar refractivity (Wildman–Crippen MR) is 73.7 cm³/mol. The lowest BCUT2D eigenvalue weighted by Crippen LogP contribution is -2.03. The van der Waals surface area contributed by atoms with E-state index in [9.17, 15) is 4.79 Å². The van der Waals surface area contributed by atoms with Crippen LogP contribution in [0.25, 0.3) is 11.6 Å². The van der Waals surface area contributed by atoms with E-state index in [1.807, 2.05) is 23.6 Å². The third-order valence-corrected chi connectivity index (χ3v) is 4.06. The molecule has 0 atom stereocenters. The predicted octanol–water partition coefficient (Wildman–Crippen LogP) is 2.61. The van der Waals surface area contributed by atoms with Gasteiger partial charge in [-0.2, -0.15) is 0 Å². The molecular weight excluding hydrogens is 278 g/mol. The fraction of sp³-hybridized carbons (Fsp3) is 0.462. The van der Waals surface area contributed by atoms with Gasteiger partial charge in [-0.15, -0.1) is 10.2 Å². The summed E-state index contributed by atoms with van der Waals surface area (Å²) in [5.74, 6) is 1.44. The lowest BCUT2D eigenvalue weighted by Gasteiger charge is -2.06. The van der Waals surface area contributed by atoms with Crippen molar-refractivity contribution < 1.29 is 14.3 Å². The lowest BCUT2D eigenvalue weighted by atomic mass is 10.3. The average molecular weight is 293 g/mol. The van der Waals surface area contributed by atoms with Crippen LogP contribution in [0.1, 0.15) is 31.6 Å². The molecule has 0 aliphatic heterocycles. The Kier molecular flexibility index (Phi) is 3.52. The molecule has 1 saturated carbocycles. The van der Waals surface area contributed by atoms with Crippen molar-refractivity contribution in [2.75, 3.05) is 5.75 Å². The van der Waals surface area contributed by atoms with Gasteiger partial charge in [-0.1, -0.05) is 18.7 Å². The molecule has 1 fully saturated rings. The van der Waals surface area contributed by atoms with Crippen LogP contribution >= 0.6 is 11.8 Å². The van der Waals surface area contributed by atoms with Gasteiger partial charge >= 0.3 is 5.97 Å². The zero-order valence-electron chi connectivity index (χ0n) is 11.1. The average Bonchev–Trinajstić information content (AvgIpc) is 3.01. The zero-order chi connectivity index (χ0) is 14.1. The van der Waals surface area contributed by atoms with Gasteiger partial charge in [0, 0.05) is 12.5 Å². The Morgan fingerprint density at radius 2 is 2.30 bits per heavy atom. The lowest BCUT2D eigenvalue weighted by molar-refractivity contribution is -0.133. The maximum Gasteiger partial charge on any atom is 0.313 e. The number of carboxylic acids is 1. The fourth-order valence-electron chi connectivity index (χ4n) is 2.02. The monoisotopic (exact) mass is 293 g/mol. The summed E-state index contributed by atoms with van der Waals surface area (Å²) in [7, 11) is 0. The Morgan fingerprint density at radius 3 is 2.90 bits per heavy atom. The summed E-state index contributed by atoms with van der Waals surface area (Å²) >= 11 is 1.20. The first-order valence-electron chi connectivity index (χ1n) is 6.57. The van der Waals surface area contributed by atoms with E-state index in [4.69, 9.17) is 9.52 Å². The maximum absolute atomic E-state index is 10.7. The highest BCUT2D eigenvalue weighted by atomic mass is 32.2. The first kappa shape index (κ1) is 13.2. The molecule has 106 valence electrons. The summed E-state index contributed by atoms with van der Waals surface area (Å²) in [5.41, 5.74) is 0. The molecule has 3 rings (SSSR count). The van der Waals surface area contributed by atoms with E-state index < -0.39 is 5.97 Å². The van der Waals surface area contributed by atoms with Gasteiger partial charge in [0.2, 0.25) is 5.82 Å². The number of hydrogen-bond acceptors (Lipinski definition) is 5. The van der Waals surface area contributed by atoms with Crippen LogP contribution in [0.4, 0.5) is 0 Å². The molecular formula is C13H15N3O3S. The van der Waals surface area contributed by atoms with Gasteiger partial charge < -0.3 is 9.52 Å². The van der Waals surface area contributed by atoms with E-state index in [1.165, 1.54) is 11.8 Å². The number of furan rings is 1. The molecule has 6 nitrogen and oxygen atoms in total. The van der Waals surface area contributed by atoms with Crippen LogP contribution in [0.15, 0.2) is 21.7 Å². The first-order chi connectivity index (χ1) is 9.69. The highest BCUT2D eigenvalue weighted by Crippen LogP contribution is 2.41. The molecule has 1 aliphatic rings. The number of aliphatic carboxylic acids is 1. The second kappa shape index (κ2) is 5.32. The quantitative estimate of drug-likeness (QED) is 0.824. The van der Waals surface area contributed by atoms with Gasteiger partial charge in [-0.3, -0.25) is 9.36 Å². The second-order valence-electron chi connectivity index (χ2n) is 4.71. The summed E-state index contributed by atoms with van der Waals surface area (Å²) in [6.45, 7) is 2.03. The van der Waals surface area contributed by atoms with Gasteiger partial charge in [-0.25, -0.2) is 0 Å². The number of carboxylic acid groups (broad SMARTS) is 1.